The van der Waals surface area contributed by atoms with Crippen LogP contribution in [0, 0.1) is 0 Å². The zero-order chi connectivity index (χ0) is 12.0. The standard InChI is InChI=1S/C11H15BrN2OS/c1-2-3-6-16-10-5-4-8(12)7-9(10)11(13)14-15/h4-5,7,15H,2-3,6H2,1H3,(H2,13,14). The maximum atomic E-state index is 8.71. The molecule has 3 N–H and O–H groups in total. The summed E-state index contributed by atoms with van der Waals surface area (Å²) in [6, 6.07) is 5.81. The lowest BCUT2D eigenvalue weighted by molar-refractivity contribution is 0.318. The molecule has 1 aromatic carbocycles. The maximum Gasteiger partial charge on any atom is 0.171 e. The van der Waals surface area contributed by atoms with Crippen molar-refractivity contribution in [2.24, 2.45) is 10.9 Å². The monoisotopic (exact) mass is 302 g/mol. The number of oxime groups is 1. The molecule has 5 heteroatoms. The van der Waals surface area contributed by atoms with E-state index in [1.807, 2.05) is 18.2 Å². The van der Waals surface area contributed by atoms with Crippen LogP contribution in [-0.4, -0.2) is 16.8 Å². The highest BCUT2D eigenvalue weighted by molar-refractivity contribution is 9.10. The highest BCUT2D eigenvalue weighted by Gasteiger charge is 2.08. The molecule has 0 saturated carbocycles. The van der Waals surface area contributed by atoms with E-state index in [-0.39, 0.29) is 5.84 Å². The molecule has 0 radical (unpaired) electrons. The molecule has 0 heterocycles. The van der Waals surface area contributed by atoms with E-state index in [2.05, 4.69) is 28.0 Å². The first-order valence-corrected chi connectivity index (χ1v) is 6.87. The molecule has 3 nitrogen and oxygen atoms in total. The average molecular weight is 303 g/mol. The van der Waals surface area contributed by atoms with Gasteiger partial charge in [0.05, 0.1) is 0 Å². The lowest BCUT2D eigenvalue weighted by Crippen LogP contribution is -2.14. The largest absolute Gasteiger partial charge is 0.409 e. The van der Waals surface area contributed by atoms with Crippen LogP contribution in [0.2, 0.25) is 0 Å². The van der Waals surface area contributed by atoms with Gasteiger partial charge < -0.3 is 10.9 Å². The van der Waals surface area contributed by atoms with Crippen molar-refractivity contribution in [3.05, 3.63) is 28.2 Å². The number of nitrogens with zero attached hydrogens (tertiary/aromatic N) is 1. The number of benzene rings is 1. The van der Waals surface area contributed by atoms with Crippen molar-refractivity contribution in [3.8, 4) is 0 Å². The van der Waals surface area contributed by atoms with Crippen LogP contribution < -0.4 is 5.73 Å². The van der Waals surface area contributed by atoms with Crippen LogP contribution in [0.15, 0.2) is 32.7 Å². The highest BCUT2D eigenvalue weighted by Crippen LogP contribution is 2.26. The summed E-state index contributed by atoms with van der Waals surface area (Å²) in [5, 5.41) is 11.8. The second-order valence-electron chi connectivity index (χ2n) is 3.33. The van der Waals surface area contributed by atoms with E-state index in [1.165, 1.54) is 6.42 Å². The third-order valence-electron chi connectivity index (χ3n) is 2.08. The first-order valence-electron chi connectivity index (χ1n) is 5.09. The van der Waals surface area contributed by atoms with Crippen molar-refractivity contribution in [1.82, 2.24) is 0 Å². The Labute approximate surface area is 108 Å². The van der Waals surface area contributed by atoms with Crippen LogP contribution in [0.1, 0.15) is 25.3 Å². The fourth-order valence-corrected chi connectivity index (χ4v) is 2.71. The van der Waals surface area contributed by atoms with Gasteiger partial charge in [-0.2, -0.15) is 0 Å². The Hall–Kier alpha value is -0.680. The fourth-order valence-electron chi connectivity index (χ4n) is 1.21. The molecular formula is C11H15BrN2OS. The van der Waals surface area contributed by atoms with Gasteiger partial charge in [-0.1, -0.05) is 34.4 Å². The maximum absolute atomic E-state index is 8.71. The van der Waals surface area contributed by atoms with Crippen LogP contribution in [-0.2, 0) is 0 Å². The zero-order valence-corrected chi connectivity index (χ0v) is 11.5. The predicted molar refractivity (Wildman–Crippen MR) is 72.3 cm³/mol. The normalized spacial score (nSPS) is 11.8. The van der Waals surface area contributed by atoms with Crippen molar-refractivity contribution in [2.75, 3.05) is 5.75 Å². The second kappa shape index (κ2) is 6.81. The predicted octanol–water partition coefficient (Wildman–Crippen LogP) is 3.44. The molecule has 0 fully saturated rings. The molecule has 0 spiro atoms. The molecule has 1 aromatic rings. The van der Waals surface area contributed by atoms with E-state index >= 15 is 0 Å². The number of nitrogens with two attached hydrogens (primary N) is 1. The Bertz CT molecular complexity index is 382. The van der Waals surface area contributed by atoms with Gasteiger partial charge in [-0.3, -0.25) is 0 Å². The quantitative estimate of drug-likeness (QED) is 0.219. The van der Waals surface area contributed by atoms with Gasteiger partial charge in [-0.25, -0.2) is 0 Å². The summed E-state index contributed by atoms with van der Waals surface area (Å²) in [5.41, 5.74) is 6.41. The van der Waals surface area contributed by atoms with Gasteiger partial charge in [0.2, 0.25) is 0 Å². The van der Waals surface area contributed by atoms with Crippen molar-refractivity contribution in [3.63, 3.8) is 0 Å². The Balaban J connectivity index is 2.89. The summed E-state index contributed by atoms with van der Waals surface area (Å²) < 4.78 is 0.925. The lowest BCUT2D eigenvalue weighted by atomic mass is 10.2. The summed E-state index contributed by atoms with van der Waals surface area (Å²) >= 11 is 5.11. The molecule has 0 atom stereocenters. The Morgan fingerprint density at radius 3 is 2.94 bits per heavy atom. The van der Waals surface area contributed by atoms with Gasteiger partial charge in [0.25, 0.3) is 0 Å². The van der Waals surface area contributed by atoms with Crippen LogP contribution in [0.4, 0.5) is 0 Å². The summed E-state index contributed by atoms with van der Waals surface area (Å²) in [7, 11) is 0. The van der Waals surface area contributed by atoms with Crippen molar-refractivity contribution in [1.29, 1.82) is 0 Å². The van der Waals surface area contributed by atoms with Gasteiger partial charge in [0.1, 0.15) is 0 Å². The first-order chi connectivity index (χ1) is 7.69. The van der Waals surface area contributed by atoms with E-state index in [4.69, 9.17) is 10.9 Å². The molecule has 0 unspecified atom stereocenters. The van der Waals surface area contributed by atoms with Crippen LogP contribution >= 0.6 is 27.7 Å². The van der Waals surface area contributed by atoms with Crippen LogP contribution in [0.25, 0.3) is 0 Å². The minimum Gasteiger partial charge on any atom is -0.409 e. The van der Waals surface area contributed by atoms with Gasteiger partial charge in [0, 0.05) is 14.9 Å². The number of rotatable bonds is 5. The highest BCUT2D eigenvalue weighted by atomic mass is 79.9. The van der Waals surface area contributed by atoms with Crippen molar-refractivity contribution in [2.45, 2.75) is 24.7 Å². The van der Waals surface area contributed by atoms with Crippen molar-refractivity contribution < 1.29 is 5.21 Å². The zero-order valence-electron chi connectivity index (χ0n) is 9.11. The molecular weight excluding hydrogens is 288 g/mol. The second-order valence-corrected chi connectivity index (χ2v) is 5.38. The smallest absolute Gasteiger partial charge is 0.171 e. The molecule has 0 aliphatic carbocycles. The van der Waals surface area contributed by atoms with E-state index in [9.17, 15) is 0 Å². The molecule has 0 aliphatic rings. The number of hydrogen-bond acceptors (Lipinski definition) is 3. The minimum absolute atomic E-state index is 0.153. The molecule has 0 amide bonds. The summed E-state index contributed by atoms with van der Waals surface area (Å²) in [4.78, 5) is 1.05. The van der Waals surface area contributed by atoms with Crippen LogP contribution in [0.3, 0.4) is 0 Å². The Kier molecular flexibility index (Phi) is 5.69. The van der Waals surface area contributed by atoms with E-state index in [0.717, 1.165) is 27.1 Å². The Morgan fingerprint density at radius 1 is 1.56 bits per heavy atom. The average Bonchev–Trinajstić information content (AvgIpc) is 2.30. The number of hydrogen-bond donors (Lipinski definition) is 2. The Morgan fingerprint density at radius 2 is 2.31 bits per heavy atom. The lowest BCUT2D eigenvalue weighted by Gasteiger charge is -2.08. The van der Waals surface area contributed by atoms with Crippen LogP contribution in [0.5, 0.6) is 0 Å². The number of amidine groups is 1. The first kappa shape index (κ1) is 13.4. The number of thioether (sulfide) groups is 1. The number of unbranched alkanes of at least 4 members (excludes halogenated alkanes) is 1. The summed E-state index contributed by atoms with van der Waals surface area (Å²) in [6.07, 6.45) is 2.33. The number of halogens is 1. The topological polar surface area (TPSA) is 58.6 Å². The summed E-state index contributed by atoms with van der Waals surface area (Å²) in [6.45, 7) is 2.16. The minimum atomic E-state index is 0.153. The molecule has 0 aliphatic heterocycles. The van der Waals surface area contributed by atoms with Gasteiger partial charge >= 0.3 is 0 Å². The molecule has 88 valence electrons. The van der Waals surface area contributed by atoms with E-state index < -0.39 is 0 Å². The summed E-state index contributed by atoms with van der Waals surface area (Å²) in [5.74, 6) is 1.20. The molecule has 0 saturated heterocycles. The molecule has 0 aromatic heterocycles. The van der Waals surface area contributed by atoms with E-state index in [0.29, 0.717) is 0 Å². The van der Waals surface area contributed by atoms with Gasteiger partial charge in [0.15, 0.2) is 5.84 Å². The van der Waals surface area contributed by atoms with Crippen molar-refractivity contribution >= 4 is 33.5 Å². The third kappa shape index (κ3) is 3.72. The van der Waals surface area contributed by atoms with Gasteiger partial charge in [-0.15, -0.1) is 11.8 Å². The molecule has 0 bridgehead atoms. The fraction of sp³-hybridized carbons (Fsp3) is 0.364. The van der Waals surface area contributed by atoms with E-state index in [1.54, 1.807) is 11.8 Å². The molecule has 1 rings (SSSR count). The SMILES string of the molecule is CCCCSc1ccc(Br)cc1/C(N)=N/O. The van der Waals surface area contributed by atoms with Gasteiger partial charge in [-0.05, 0) is 30.4 Å². The molecule has 16 heavy (non-hydrogen) atoms. The third-order valence-corrected chi connectivity index (χ3v) is 3.73.